The minimum absolute atomic E-state index is 0.115. The minimum Gasteiger partial charge on any atom is -0.465 e. The second kappa shape index (κ2) is 6.78. The Kier molecular flexibility index (Phi) is 5.04. The van der Waals surface area contributed by atoms with Gasteiger partial charge in [-0.3, -0.25) is 0 Å². The van der Waals surface area contributed by atoms with Crippen LogP contribution in [0.1, 0.15) is 43.0 Å². The van der Waals surface area contributed by atoms with Crippen LogP contribution < -0.4 is 10.6 Å². The molecule has 4 nitrogen and oxygen atoms in total. The molecule has 0 saturated carbocycles. The zero-order chi connectivity index (χ0) is 15.4. The molecule has 1 heterocycles. The van der Waals surface area contributed by atoms with Gasteiger partial charge in [0.15, 0.2) is 0 Å². The van der Waals surface area contributed by atoms with Gasteiger partial charge in [0.05, 0.1) is 18.4 Å². The maximum absolute atomic E-state index is 14.2. The van der Waals surface area contributed by atoms with Crippen LogP contribution in [0, 0.1) is 11.7 Å². The van der Waals surface area contributed by atoms with Gasteiger partial charge in [-0.2, -0.15) is 0 Å². The molecule has 0 atom stereocenters. The molecule has 0 aliphatic carbocycles. The van der Waals surface area contributed by atoms with Crippen LogP contribution in [0.15, 0.2) is 12.1 Å². The number of carbonyl (C=O) groups excluding carboxylic acids is 1. The molecule has 0 amide bonds. The van der Waals surface area contributed by atoms with E-state index in [1.165, 1.54) is 32.1 Å². The lowest BCUT2D eigenvalue weighted by molar-refractivity contribution is 0.0602. The maximum atomic E-state index is 14.2. The van der Waals surface area contributed by atoms with E-state index in [0.29, 0.717) is 5.69 Å². The number of carbonyl (C=O) groups is 1. The van der Waals surface area contributed by atoms with Gasteiger partial charge in [-0.05, 0) is 30.9 Å². The number of rotatable bonds is 4. The summed E-state index contributed by atoms with van der Waals surface area (Å²) in [6, 6.07) is 2.72. The number of esters is 1. The van der Waals surface area contributed by atoms with E-state index in [2.05, 4.69) is 11.7 Å². The van der Waals surface area contributed by atoms with Gasteiger partial charge >= 0.3 is 5.97 Å². The van der Waals surface area contributed by atoms with Crippen molar-refractivity contribution in [3.8, 4) is 0 Å². The van der Waals surface area contributed by atoms with Gasteiger partial charge in [-0.1, -0.05) is 19.8 Å². The first kappa shape index (κ1) is 15.6. The topological polar surface area (TPSA) is 55.6 Å². The van der Waals surface area contributed by atoms with Crippen molar-refractivity contribution in [2.24, 2.45) is 5.92 Å². The average molecular weight is 294 g/mol. The SMILES string of the molecule is CCCC1CCN(c2cc(C(=O)OC)c(N)cc2F)CC1. The molecule has 0 aromatic heterocycles. The fourth-order valence-corrected chi connectivity index (χ4v) is 2.98. The highest BCUT2D eigenvalue weighted by molar-refractivity contribution is 5.96. The number of nitrogens with two attached hydrogens (primary N) is 1. The van der Waals surface area contributed by atoms with Crippen molar-refractivity contribution in [3.05, 3.63) is 23.5 Å². The average Bonchev–Trinajstić information content (AvgIpc) is 2.48. The molecule has 1 aromatic rings. The summed E-state index contributed by atoms with van der Waals surface area (Å²) in [4.78, 5) is 13.7. The molecule has 0 bridgehead atoms. The molecule has 1 fully saturated rings. The molecule has 1 aromatic carbocycles. The first-order valence-electron chi connectivity index (χ1n) is 7.49. The van der Waals surface area contributed by atoms with E-state index in [4.69, 9.17) is 5.73 Å². The molecular formula is C16H23FN2O2. The summed E-state index contributed by atoms with van der Waals surface area (Å²) in [6.07, 6.45) is 4.54. The van der Waals surface area contributed by atoms with Gasteiger partial charge in [0.2, 0.25) is 0 Å². The third-order valence-corrected chi connectivity index (χ3v) is 4.18. The fraction of sp³-hybridized carbons (Fsp3) is 0.562. The van der Waals surface area contributed by atoms with Crippen LogP contribution in [0.2, 0.25) is 0 Å². The zero-order valence-corrected chi connectivity index (χ0v) is 12.7. The van der Waals surface area contributed by atoms with E-state index >= 15 is 0 Å². The standard InChI is InChI=1S/C16H23FN2O2/c1-3-4-11-5-7-19(8-6-11)15-9-12(16(20)21-2)14(18)10-13(15)17/h9-11H,3-8,18H2,1-2H3. The normalized spacial score (nSPS) is 16.0. The van der Waals surface area contributed by atoms with Gasteiger partial charge in [0.25, 0.3) is 0 Å². The quantitative estimate of drug-likeness (QED) is 0.684. The summed E-state index contributed by atoms with van der Waals surface area (Å²) in [7, 11) is 1.29. The summed E-state index contributed by atoms with van der Waals surface area (Å²) >= 11 is 0. The zero-order valence-electron chi connectivity index (χ0n) is 12.7. The van der Waals surface area contributed by atoms with Crippen molar-refractivity contribution < 1.29 is 13.9 Å². The first-order chi connectivity index (χ1) is 10.1. The highest BCUT2D eigenvalue weighted by atomic mass is 19.1. The van der Waals surface area contributed by atoms with Crippen LogP contribution in [-0.2, 0) is 4.74 Å². The number of anilines is 2. The van der Waals surface area contributed by atoms with Gasteiger partial charge in [-0.15, -0.1) is 0 Å². The van der Waals surface area contributed by atoms with Gasteiger partial charge in [0.1, 0.15) is 5.82 Å². The Morgan fingerprint density at radius 3 is 2.67 bits per heavy atom. The summed E-state index contributed by atoms with van der Waals surface area (Å²) in [5.74, 6) is -0.188. The monoisotopic (exact) mass is 294 g/mol. The molecule has 2 rings (SSSR count). The number of halogens is 1. The Morgan fingerprint density at radius 2 is 2.10 bits per heavy atom. The second-order valence-electron chi connectivity index (χ2n) is 5.60. The third kappa shape index (κ3) is 3.46. The summed E-state index contributed by atoms with van der Waals surface area (Å²) in [6.45, 7) is 3.81. The predicted octanol–water partition coefficient (Wildman–Crippen LogP) is 3.21. The first-order valence-corrected chi connectivity index (χ1v) is 7.49. The van der Waals surface area contributed by atoms with Crippen molar-refractivity contribution in [1.29, 1.82) is 0 Å². The molecule has 2 N–H and O–H groups in total. The van der Waals surface area contributed by atoms with Crippen molar-refractivity contribution in [2.75, 3.05) is 30.8 Å². The Balaban J connectivity index is 2.18. The number of ether oxygens (including phenoxy) is 1. The van der Waals surface area contributed by atoms with E-state index in [0.717, 1.165) is 31.8 Å². The molecule has 1 aliphatic heterocycles. The van der Waals surface area contributed by atoms with Crippen LogP contribution in [-0.4, -0.2) is 26.2 Å². The number of nitrogens with zero attached hydrogens (tertiary/aromatic N) is 1. The van der Waals surface area contributed by atoms with Crippen molar-refractivity contribution in [2.45, 2.75) is 32.6 Å². The number of piperidine rings is 1. The number of benzene rings is 1. The van der Waals surface area contributed by atoms with E-state index in [1.54, 1.807) is 0 Å². The molecule has 0 spiro atoms. The molecule has 21 heavy (non-hydrogen) atoms. The number of methoxy groups -OCH3 is 1. The fourth-order valence-electron chi connectivity index (χ4n) is 2.98. The lowest BCUT2D eigenvalue weighted by atomic mass is 9.92. The molecular weight excluding hydrogens is 271 g/mol. The molecule has 0 unspecified atom stereocenters. The Hall–Kier alpha value is -1.78. The summed E-state index contributed by atoms with van der Waals surface area (Å²) in [5, 5.41) is 0. The second-order valence-corrected chi connectivity index (χ2v) is 5.60. The lowest BCUT2D eigenvalue weighted by Gasteiger charge is -2.34. The minimum atomic E-state index is -0.533. The van der Waals surface area contributed by atoms with Crippen LogP contribution in [0.4, 0.5) is 15.8 Å². The molecule has 1 saturated heterocycles. The largest absolute Gasteiger partial charge is 0.465 e. The predicted molar refractivity (Wildman–Crippen MR) is 82.0 cm³/mol. The van der Waals surface area contributed by atoms with E-state index < -0.39 is 5.97 Å². The van der Waals surface area contributed by atoms with Crippen LogP contribution in [0.25, 0.3) is 0 Å². The van der Waals surface area contributed by atoms with Crippen LogP contribution >= 0.6 is 0 Å². The van der Waals surface area contributed by atoms with Crippen molar-refractivity contribution in [3.63, 3.8) is 0 Å². The van der Waals surface area contributed by atoms with Crippen molar-refractivity contribution >= 4 is 17.3 Å². The van der Waals surface area contributed by atoms with Crippen molar-refractivity contribution in [1.82, 2.24) is 0 Å². The molecule has 5 heteroatoms. The maximum Gasteiger partial charge on any atom is 0.340 e. The summed E-state index contributed by atoms with van der Waals surface area (Å²) < 4.78 is 18.8. The molecule has 0 radical (unpaired) electrons. The highest BCUT2D eigenvalue weighted by Gasteiger charge is 2.23. The van der Waals surface area contributed by atoms with E-state index in [1.807, 2.05) is 4.90 Å². The van der Waals surface area contributed by atoms with Gasteiger partial charge in [0, 0.05) is 18.8 Å². The third-order valence-electron chi connectivity index (χ3n) is 4.18. The molecule has 116 valence electrons. The van der Waals surface area contributed by atoms with E-state index in [9.17, 15) is 9.18 Å². The Morgan fingerprint density at radius 1 is 1.43 bits per heavy atom. The Labute approximate surface area is 125 Å². The van der Waals surface area contributed by atoms with Crippen LogP contribution in [0.3, 0.4) is 0 Å². The summed E-state index contributed by atoms with van der Waals surface area (Å²) in [5.41, 5.74) is 6.48. The van der Waals surface area contributed by atoms with Gasteiger partial charge in [-0.25, -0.2) is 9.18 Å². The smallest absolute Gasteiger partial charge is 0.340 e. The highest BCUT2D eigenvalue weighted by Crippen LogP contribution is 2.30. The Bertz CT molecular complexity index is 511. The van der Waals surface area contributed by atoms with E-state index in [-0.39, 0.29) is 17.1 Å². The number of hydrogen-bond donors (Lipinski definition) is 1. The number of hydrogen-bond acceptors (Lipinski definition) is 4. The number of nitrogen functional groups attached to an aromatic ring is 1. The van der Waals surface area contributed by atoms with Gasteiger partial charge < -0.3 is 15.4 Å². The lowest BCUT2D eigenvalue weighted by Crippen LogP contribution is -2.34. The molecule has 1 aliphatic rings. The van der Waals surface area contributed by atoms with Crippen LogP contribution in [0.5, 0.6) is 0 Å².